The van der Waals surface area contributed by atoms with Gasteiger partial charge >= 0.3 is 5.69 Å². The summed E-state index contributed by atoms with van der Waals surface area (Å²) in [5.74, 6) is 0.515. The molecule has 0 bridgehead atoms. The first-order valence-corrected chi connectivity index (χ1v) is 5.82. The van der Waals surface area contributed by atoms with E-state index < -0.39 is 11.2 Å². The van der Waals surface area contributed by atoms with E-state index in [1.54, 1.807) is 24.1 Å². The minimum absolute atomic E-state index is 0.292. The molecule has 0 amide bonds. The van der Waals surface area contributed by atoms with Crippen molar-refractivity contribution in [2.75, 3.05) is 0 Å². The van der Waals surface area contributed by atoms with Crippen molar-refractivity contribution in [3.63, 3.8) is 0 Å². The summed E-state index contributed by atoms with van der Waals surface area (Å²) in [4.78, 5) is 32.9. The molecule has 98 valence electrons. The van der Waals surface area contributed by atoms with Crippen molar-refractivity contribution >= 4 is 11.2 Å². The highest BCUT2D eigenvalue weighted by Gasteiger charge is 2.13. The second-order valence-corrected chi connectivity index (χ2v) is 4.19. The van der Waals surface area contributed by atoms with Gasteiger partial charge in [-0.3, -0.25) is 19.0 Å². The number of fused-ring (bicyclic) bond motifs is 1. The molecule has 0 aliphatic carbocycles. The summed E-state index contributed by atoms with van der Waals surface area (Å²) < 4.78 is 3.05. The molecular weight excluding hydrogens is 248 g/mol. The van der Waals surface area contributed by atoms with Crippen LogP contribution in [0.25, 0.3) is 22.6 Å². The Morgan fingerprint density at radius 2 is 2.11 bits per heavy atom. The number of hydrogen-bond donors (Lipinski definition) is 2. The number of hydrogen-bond acceptors (Lipinski definition) is 4. The Kier molecular flexibility index (Phi) is 2.37. The Bertz CT molecular complexity index is 865. The number of H-pyrrole nitrogens is 2. The molecule has 2 N–H and O–H groups in total. The van der Waals surface area contributed by atoms with Crippen LogP contribution in [0.4, 0.5) is 0 Å². The average Bonchev–Trinajstić information content (AvgIpc) is 2.96. The lowest BCUT2D eigenvalue weighted by Gasteiger charge is -1.99. The van der Waals surface area contributed by atoms with Crippen molar-refractivity contribution in [1.29, 1.82) is 0 Å². The number of rotatable bonds is 2. The Morgan fingerprint density at radius 3 is 2.74 bits per heavy atom. The summed E-state index contributed by atoms with van der Waals surface area (Å²) in [7, 11) is 1.79. The third kappa shape index (κ3) is 1.68. The van der Waals surface area contributed by atoms with Gasteiger partial charge in [0.05, 0.1) is 11.8 Å². The SMILES string of the molecule is CCn1c(=O)[nH]c(=O)c2[nH]c(-c3cnn(C)c3)nc21. The first kappa shape index (κ1) is 11.5. The van der Waals surface area contributed by atoms with Gasteiger partial charge in [0.25, 0.3) is 5.56 Å². The number of aromatic amines is 2. The Morgan fingerprint density at radius 1 is 1.32 bits per heavy atom. The minimum Gasteiger partial charge on any atom is -0.332 e. The van der Waals surface area contributed by atoms with Crippen LogP contribution in [-0.2, 0) is 13.6 Å². The molecule has 0 unspecified atom stereocenters. The van der Waals surface area contributed by atoms with E-state index in [1.807, 2.05) is 6.92 Å². The molecule has 8 nitrogen and oxygen atoms in total. The van der Waals surface area contributed by atoms with E-state index in [9.17, 15) is 9.59 Å². The fourth-order valence-electron chi connectivity index (χ4n) is 2.01. The highest BCUT2D eigenvalue weighted by molar-refractivity contribution is 5.74. The summed E-state index contributed by atoms with van der Waals surface area (Å²) in [6.07, 6.45) is 3.42. The van der Waals surface area contributed by atoms with Gasteiger partial charge in [-0.25, -0.2) is 9.78 Å². The number of nitrogens with zero attached hydrogens (tertiary/aromatic N) is 4. The lowest BCUT2D eigenvalue weighted by Crippen LogP contribution is -2.29. The molecule has 3 aromatic heterocycles. The zero-order valence-electron chi connectivity index (χ0n) is 10.5. The van der Waals surface area contributed by atoms with Crippen molar-refractivity contribution in [3.8, 4) is 11.4 Å². The number of aromatic nitrogens is 6. The van der Waals surface area contributed by atoms with Crippen LogP contribution in [0.2, 0.25) is 0 Å². The predicted octanol–water partition coefficient (Wildman–Crippen LogP) is -0.167. The first-order valence-electron chi connectivity index (χ1n) is 5.82. The number of imidazole rings is 1. The molecule has 19 heavy (non-hydrogen) atoms. The zero-order valence-corrected chi connectivity index (χ0v) is 10.5. The second kappa shape index (κ2) is 3.94. The molecule has 3 heterocycles. The van der Waals surface area contributed by atoms with E-state index in [2.05, 4.69) is 20.1 Å². The van der Waals surface area contributed by atoms with Crippen molar-refractivity contribution in [2.45, 2.75) is 13.5 Å². The van der Waals surface area contributed by atoms with Gasteiger partial charge in [-0.05, 0) is 6.92 Å². The Balaban J connectivity index is 2.34. The van der Waals surface area contributed by atoms with Crippen LogP contribution in [-0.4, -0.2) is 29.3 Å². The van der Waals surface area contributed by atoms with E-state index in [0.29, 0.717) is 23.5 Å². The Hall–Kier alpha value is -2.64. The quantitative estimate of drug-likeness (QED) is 0.668. The molecule has 3 aromatic rings. The number of aryl methyl sites for hydroxylation is 2. The van der Waals surface area contributed by atoms with Gasteiger partial charge in [0, 0.05) is 19.8 Å². The summed E-state index contributed by atoms with van der Waals surface area (Å²) in [6, 6.07) is 0. The highest BCUT2D eigenvalue weighted by atomic mass is 16.2. The van der Waals surface area contributed by atoms with Crippen LogP contribution >= 0.6 is 0 Å². The third-order valence-electron chi connectivity index (χ3n) is 2.93. The van der Waals surface area contributed by atoms with Crippen molar-refractivity contribution in [2.24, 2.45) is 7.05 Å². The maximum absolute atomic E-state index is 11.8. The molecule has 0 aliphatic heterocycles. The topological polar surface area (TPSA) is 101 Å². The van der Waals surface area contributed by atoms with Gasteiger partial charge in [0.1, 0.15) is 11.3 Å². The van der Waals surface area contributed by atoms with E-state index in [-0.39, 0.29) is 0 Å². The molecular formula is C11H12N6O2. The molecule has 0 radical (unpaired) electrons. The van der Waals surface area contributed by atoms with E-state index in [4.69, 9.17) is 0 Å². The third-order valence-corrected chi connectivity index (χ3v) is 2.93. The summed E-state index contributed by atoms with van der Waals surface area (Å²) in [5, 5.41) is 4.05. The first-order chi connectivity index (χ1) is 9.10. The smallest absolute Gasteiger partial charge is 0.330 e. The van der Waals surface area contributed by atoms with E-state index in [1.165, 1.54) is 4.57 Å². The van der Waals surface area contributed by atoms with Crippen molar-refractivity contribution < 1.29 is 0 Å². The highest BCUT2D eigenvalue weighted by Crippen LogP contribution is 2.16. The molecule has 0 aromatic carbocycles. The normalized spacial score (nSPS) is 11.3. The van der Waals surface area contributed by atoms with Crippen LogP contribution in [0, 0.1) is 0 Å². The monoisotopic (exact) mass is 260 g/mol. The predicted molar refractivity (Wildman–Crippen MR) is 68.9 cm³/mol. The van der Waals surface area contributed by atoms with Gasteiger partial charge < -0.3 is 4.98 Å². The van der Waals surface area contributed by atoms with Crippen LogP contribution in [0.5, 0.6) is 0 Å². The fourth-order valence-corrected chi connectivity index (χ4v) is 2.01. The maximum Gasteiger partial charge on any atom is 0.330 e. The lowest BCUT2D eigenvalue weighted by molar-refractivity contribution is 0.720. The molecule has 0 atom stereocenters. The summed E-state index contributed by atoms with van der Waals surface area (Å²) in [5.41, 5.74) is 0.486. The largest absolute Gasteiger partial charge is 0.332 e. The summed E-state index contributed by atoms with van der Waals surface area (Å²) in [6.45, 7) is 2.25. The lowest BCUT2D eigenvalue weighted by atomic mass is 10.3. The molecule has 8 heteroatoms. The van der Waals surface area contributed by atoms with Crippen molar-refractivity contribution in [3.05, 3.63) is 33.2 Å². The van der Waals surface area contributed by atoms with Gasteiger partial charge in [0.2, 0.25) is 0 Å². The molecule has 3 rings (SSSR count). The summed E-state index contributed by atoms with van der Waals surface area (Å²) >= 11 is 0. The van der Waals surface area contributed by atoms with E-state index >= 15 is 0 Å². The van der Waals surface area contributed by atoms with Gasteiger partial charge in [0.15, 0.2) is 5.65 Å². The van der Waals surface area contributed by atoms with Gasteiger partial charge in [-0.2, -0.15) is 5.10 Å². The van der Waals surface area contributed by atoms with Crippen LogP contribution in [0.15, 0.2) is 22.0 Å². The van der Waals surface area contributed by atoms with Crippen LogP contribution in [0.1, 0.15) is 6.92 Å². The average molecular weight is 260 g/mol. The van der Waals surface area contributed by atoms with Gasteiger partial charge in [-0.15, -0.1) is 0 Å². The maximum atomic E-state index is 11.8. The fraction of sp³-hybridized carbons (Fsp3) is 0.273. The van der Waals surface area contributed by atoms with E-state index in [0.717, 1.165) is 5.56 Å². The van der Waals surface area contributed by atoms with Crippen LogP contribution in [0.3, 0.4) is 0 Å². The molecule has 0 spiro atoms. The Labute approximate surface area is 106 Å². The molecule has 0 aliphatic rings. The van der Waals surface area contributed by atoms with Crippen LogP contribution < -0.4 is 11.2 Å². The molecule has 0 saturated carbocycles. The van der Waals surface area contributed by atoms with Gasteiger partial charge in [-0.1, -0.05) is 0 Å². The molecule has 0 fully saturated rings. The van der Waals surface area contributed by atoms with Crippen molar-refractivity contribution in [1.82, 2.24) is 29.3 Å². The zero-order chi connectivity index (χ0) is 13.6. The standard InChI is InChI=1S/C11H12N6O2/c1-3-17-9-7(10(18)15-11(17)19)13-8(14-9)6-4-12-16(2)5-6/h4-5H,3H2,1-2H3,(H,13,14)(H,15,18,19). The minimum atomic E-state index is -0.465. The number of nitrogens with one attached hydrogen (secondary N) is 2. The molecule has 0 saturated heterocycles. The second-order valence-electron chi connectivity index (χ2n) is 4.19.